The molecule has 1 aliphatic heterocycles. The number of nitrogens with zero attached hydrogens (tertiary/aromatic N) is 1. The minimum Gasteiger partial charge on any atom is -0.463 e. The summed E-state index contributed by atoms with van der Waals surface area (Å²) in [4.78, 5) is 35.9. The molecule has 7 heteroatoms. The van der Waals surface area contributed by atoms with Crippen molar-refractivity contribution >= 4 is 5.97 Å². The molecule has 2 rings (SSSR count). The van der Waals surface area contributed by atoms with Crippen LogP contribution in [0.15, 0.2) is 15.8 Å². The van der Waals surface area contributed by atoms with Crippen LogP contribution in [0.4, 0.5) is 0 Å². The number of aromatic nitrogens is 2. The first-order valence-corrected chi connectivity index (χ1v) is 8.08. The van der Waals surface area contributed by atoms with E-state index >= 15 is 0 Å². The largest absolute Gasteiger partial charge is 0.463 e. The van der Waals surface area contributed by atoms with Crippen LogP contribution in [0.25, 0.3) is 0 Å². The zero-order chi connectivity index (χ0) is 18.0. The van der Waals surface area contributed by atoms with Crippen molar-refractivity contribution in [2.24, 2.45) is 0 Å². The number of H-pyrrole nitrogens is 1. The lowest BCUT2D eigenvalue weighted by atomic mass is 10.2. The molecule has 1 aliphatic rings. The van der Waals surface area contributed by atoms with Crippen molar-refractivity contribution in [3.05, 3.63) is 32.6 Å². The number of hydrogen-bond donors (Lipinski definition) is 1. The zero-order valence-corrected chi connectivity index (χ0v) is 14.8. The van der Waals surface area contributed by atoms with Gasteiger partial charge in [0, 0.05) is 18.7 Å². The first-order chi connectivity index (χ1) is 11.0. The quantitative estimate of drug-likeness (QED) is 0.859. The second kappa shape index (κ2) is 10.8. The third-order valence-corrected chi connectivity index (χ3v) is 3.01. The van der Waals surface area contributed by atoms with Crippen LogP contribution in [0, 0.1) is 6.92 Å². The second-order valence-corrected chi connectivity index (χ2v) is 4.57. The molecule has 23 heavy (non-hydrogen) atoms. The fourth-order valence-electron chi connectivity index (χ4n) is 2.02. The summed E-state index contributed by atoms with van der Waals surface area (Å²) in [6.07, 6.45) is 2.18. The van der Waals surface area contributed by atoms with Crippen LogP contribution in [0.3, 0.4) is 0 Å². The number of esters is 1. The van der Waals surface area contributed by atoms with Gasteiger partial charge in [-0.25, -0.2) is 4.79 Å². The normalized spacial score (nSPS) is 19.0. The number of rotatable bonds is 3. The van der Waals surface area contributed by atoms with E-state index in [-0.39, 0.29) is 18.7 Å². The summed E-state index contributed by atoms with van der Waals surface area (Å²) in [5, 5.41) is 0. The molecule has 0 amide bonds. The van der Waals surface area contributed by atoms with Gasteiger partial charge in [-0.05, 0) is 19.8 Å². The maximum Gasteiger partial charge on any atom is 0.330 e. The summed E-state index contributed by atoms with van der Waals surface area (Å²) < 4.78 is 11.9. The Hall–Kier alpha value is -1.89. The lowest BCUT2D eigenvalue weighted by Crippen LogP contribution is -2.33. The van der Waals surface area contributed by atoms with Gasteiger partial charge in [0.05, 0.1) is 6.10 Å². The van der Waals surface area contributed by atoms with E-state index in [4.69, 9.17) is 9.47 Å². The Morgan fingerprint density at radius 2 is 1.91 bits per heavy atom. The molecule has 2 unspecified atom stereocenters. The Morgan fingerprint density at radius 1 is 1.30 bits per heavy atom. The molecular weight excluding hydrogens is 300 g/mol. The molecule has 2 atom stereocenters. The van der Waals surface area contributed by atoms with Crippen LogP contribution in [-0.4, -0.2) is 28.2 Å². The molecule has 1 fully saturated rings. The van der Waals surface area contributed by atoms with Crippen molar-refractivity contribution in [1.29, 1.82) is 0 Å². The summed E-state index contributed by atoms with van der Waals surface area (Å²) in [6.45, 7) is 11.1. The van der Waals surface area contributed by atoms with E-state index in [1.54, 1.807) is 6.92 Å². The first-order valence-electron chi connectivity index (χ1n) is 8.08. The first kappa shape index (κ1) is 21.1. The Bertz CT molecular complexity index is 591. The highest BCUT2D eigenvalue weighted by Crippen LogP contribution is 2.27. The highest BCUT2D eigenvalue weighted by Gasteiger charge is 2.28. The predicted octanol–water partition coefficient (Wildman–Crippen LogP) is 2.14. The molecule has 1 aromatic rings. The molecule has 0 radical (unpaired) electrons. The molecule has 1 saturated heterocycles. The summed E-state index contributed by atoms with van der Waals surface area (Å²) in [5.74, 6) is -0.357. The summed E-state index contributed by atoms with van der Waals surface area (Å²) in [7, 11) is 0. The van der Waals surface area contributed by atoms with E-state index in [2.05, 4.69) is 4.98 Å². The minimum atomic E-state index is -0.492. The lowest BCUT2D eigenvalue weighted by Gasteiger charge is -2.15. The van der Waals surface area contributed by atoms with Crippen molar-refractivity contribution in [2.45, 2.75) is 66.7 Å². The van der Waals surface area contributed by atoms with Gasteiger partial charge in [0.2, 0.25) is 0 Å². The van der Waals surface area contributed by atoms with Gasteiger partial charge in [-0.3, -0.25) is 19.1 Å². The number of aromatic amines is 1. The van der Waals surface area contributed by atoms with Crippen molar-refractivity contribution in [3.63, 3.8) is 0 Å². The van der Waals surface area contributed by atoms with E-state index in [1.165, 1.54) is 17.7 Å². The van der Waals surface area contributed by atoms with Crippen LogP contribution >= 0.6 is 0 Å². The average Bonchev–Trinajstić information content (AvgIpc) is 3.01. The fourth-order valence-corrected chi connectivity index (χ4v) is 2.02. The van der Waals surface area contributed by atoms with Gasteiger partial charge in [0.25, 0.3) is 5.56 Å². The molecule has 1 aromatic heterocycles. The molecule has 0 aromatic carbocycles. The third-order valence-electron chi connectivity index (χ3n) is 3.01. The van der Waals surface area contributed by atoms with E-state index in [1.807, 2.05) is 27.7 Å². The minimum absolute atomic E-state index is 0.183. The standard InChI is InChI=1S/C12H16N2O5.2C2H6/c1-7-5-14(12(17)13-11(7)16)10-4-3-9(19-10)6-18-8(2)15;2*1-2/h5,9-10H,3-4,6H2,1-2H3,(H,13,16,17);2*1-2H3. The highest BCUT2D eigenvalue weighted by atomic mass is 16.6. The Morgan fingerprint density at radius 3 is 2.48 bits per heavy atom. The smallest absolute Gasteiger partial charge is 0.330 e. The molecule has 132 valence electrons. The van der Waals surface area contributed by atoms with E-state index < -0.39 is 17.5 Å². The Balaban J connectivity index is 0.00000112. The number of hydrogen-bond acceptors (Lipinski definition) is 5. The maximum absolute atomic E-state index is 11.7. The monoisotopic (exact) mass is 328 g/mol. The SMILES string of the molecule is CC.CC.CC(=O)OCC1CCC(n2cc(C)c(=O)[nH]c2=O)O1. The van der Waals surface area contributed by atoms with Gasteiger partial charge >= 0.3 is 11.7 Å². The summed E-state index contributed by atoms with van der Waals surface area (Å²) in [6, 6.07) is 0. The van der Waals surface area contributed by atoms with Gasteiger partial charge in [0.15, 0.2) is 0 Å². The number of ether oxygens (including phenoxy) is 2. The number of nitrogens with one attached hydrogen (secondary N) is 1. The molecule has 2 heterocycles. The Kier molecular flexibility index (Phi) is 9.89. The number of aryl methyl sites for hydroxylation is 1. The predicted molar refractivity (Wildman–Crippen MR) is 88.5 cm³/mol. The van der Waals surface area contributed by atoms with Gasteiger partial charge in [-0.2, -0.15) is 0 Å². The van der Waals surface area contributed by atoms with Crippen LogP contribution in [-0.2, 0) is 14.3 Å². The third kappa shape index (κ3) is 6.40. The van der Waals surface area contributed by atoms with E-state index in [9.17, 15) is 14.4 Å². The van der Waals surface area contributed by atoms with Crippen LogP contribution < -0.4 is 11.2 Å². The topological polar surface area (TPSA) is 90.4 Å². The fraction of sp³-hybridized carbons (Fsp3) is 0.688. The van der Waals surface area contributed by atoms with Crippen LogP contribution in [0.5, 0.6) is 0 Å². The second-order valence-electron chi connectivity index (χ2n) is 4.57. The van der Waals surface area contributed by atoms with Gasteiger partial charge in [0.1, 0.15) is 12.8 Å². The maximum atomic E-state index is 11.7. The average molecular weight is 328 g/mol. The molecule has 0 bridgehead atoms. The molecule has 0 aliphatic carbocycles. The Labute approximate surface area is 136 Å². The number of carbonyl (C=O) groups is 1. The molecule has 0 spiro atoms. The zero-order valence-electron chi connectivity index (χ0n) is 14.8. The van der Waals surface area contributed by atoms with Crippen molar-refractivity contribution in [2.75, 3.05) is 6.61 Å². The van der Waals surface area contributed by atoms with Gasteiger partial charge in [-0.1, -0.05) is 27.7 Å². The van der Waals surface area contributed by atoms with Crippen LogP contribution in [0.2, 0.25) is 0 Å². The summed E-state index contributed by atoms with van der Waals surface area (Å²) in [5.41, 5.74) is -0.434. The molecule has 1 N–H and O–H groups in total. The molecular formula is C16H28N2O5. The van der Waals surface area contributed by atoms with Gasteiger partial charge in [-0.15, -0.1) is 0 Å². The van der Waals surface area contributed by atoms with Crippen molar-refractivity contribution in [3.8, 4) is 0 Å². The van der Waals surface area contributed by atoms with E-state index in [0.717, 1.165) is 0 Å². The molecule has 7 nitrogen and oxygen atoms in total. The number of carbonyl (C=O) groups excluding carboxylic acids is 1. The van der Waals surface area contributed by atoms with E-state index in [0.29, 0.717) is 18.4 Å². The lowest BCUT2D eigenvalue weighted by molar-refractivity contribution is -0.145. The summed E-state index contributed by atoms with van der Waals surface area (Å²) >= 11 is 0. The van der Waals surface area contributed by atoms with Crippen LogP contribution in [0.1, 0.15) is 59.3 Å². The van der Waals surface area contributed by atoms with Gasteiger partial charge < -0.3 is 9.47 Å². The highest BCUT2D eigenvalue weighted by molar-refractivity contribution is 5.65. The van der Waals surface area contributed by atoms with Crippen molar-refractivity contribution < 1.29 is 14.3 Å². The molecule has 0 saturated carbocycles. The van der Waals surface area contributed by atoms with Crippen molar-refractivity contribution in [1.82, 2.24) is 9.55 Å².